The molecular formula is C14H13F2N3S. The molecule has 0 fully saturated rings. The van der Waals surface area contributed by atoms with Gasteiger partial charge in [0, 0.05) is 17.8 Å². The van der Waals surface area contributed by atoms with Crippen LogP contribution in [0.15, 0.2) is 30.3 Å². The van der Waals surface area contributed by atoms with Crippen molar-refractivity contribution in [2.75, 3.05) is 5.32 Å². The Bertz CT molecular complexity index is 659. The zero-order valence-electron chi connectivity index (χ0n) is 10.8. The lowest BCUT2D eigenvalue weighted by atomic mass is 10.2. The number of aryl methyl sites for hydroxylation is 1. The number of nitrogens with two attached hydrogens (primary N) is 1. The van der Waals surface area contributed by atoms with E-state index < -0.39 is 11.6 Å². The Morgan fingerprint density at radius 2 is 2.05 bits per heavy atom. The van der Waals surface area contributed by atoms with Gasteiger partial charge in [-0.2, -0.15) is 0 Å². The SMILES string of the molecule is Cc1ccc(C(N)=S)c(NCc2cc(F)ccc2F)n1. The average Bonchev–Trinajstić information content (AvgIpc) is 2.39. The Morgan fingerprint density at radius 1 is 1.30 bits per heavy atom. The van der Waals surface area contributed by atoms with E-state index in [1.54, 1.807) is 12.1 Å². The lowest BCUT2D eigenvalue weighted by Crippen LogP contribution is -2.15. The number of hydrogen-bond acceptors (Lipinski definition) is 3. The number of rotatable bonds is 4. The number of anilines is 1. The van der Waals surface area contributed by atoms with Crippen LogP contribution in [0.5, 0.6) is 0 Å². The predicted octanol–water partition coefficient (Wildman–Crippen LogP) is 2.91. The van der Waals surface area contributed by atoms with Gasteiger partial charge in [0.25, 0.3) is 0 Å². The van der Waals surface area contributed by atoms with Crippen molar-refractivity contribution in [1.82, 2.24) is 4.98 Å². The van der Waals surface area contributed by atoms with E-state index in [0.717, 1.165) is 23.9 Å². The van der Waals surface area contributed by atoms with Crippen molar-refractivity contribution in [3.05, 3.63) is 58.8 Å². The van der Waals surface area contributed by atoms with Gasteiger partial charge in [-0.25, -0.2) is 13.8 Å². The predicted molar refractivity (Wildman–Crippen MR) is 78.5 cm³/mol. The van der Waals surface area contributed by atoms with Crippen LogP contribution >= 0.6 is 12.2 Å². The minimum Gasteiger partial charge on any atom is -0.389 e. The van der Waals surface area contributed by atoms with Crippen LogP contribution < -0.4 is 11.1 Å². The lowest BCUT2D eigenvalue weighted by Gasteiger charge is -2.11. The Balaban J connectivity index is 2.24. The molecule has 104 valence electrons. The largest absolute Gasteiger partial charge is 0.389 e. The zero-order valence-corrected chi connectivity index (χ0v) is 11.6. The monoisotopic (exact) mass is 293 g/mol. The molecule has 0 spiro atoms. The van der Waals surface area contributed by atoms with Gasteiger partial charge in [-0.3, -0.25) is 0 Å². The fourth-order valence-electron chi connectivity index (χ4n) is 1.75. The number of aromatic nitrogens is 1. The molecule has 0 atom stereocenters. The molecule has 3 nitrogen and oxygen atoms in total. The summed E-state index contributed by atoms with van der Waals surface area (Å²) >= 11 is 4.93. The number of benzene rings is 1. The minimum absolute atomic E-state index is 0.0929. The molecular weight excluding hydrogens is 280 g/mol. The molecule has 6 heteroatoms. The van der Waals surface area contributed by atoms with Gasteiger partial charge in [-0.1, -0.05) is 12.2 Å². The second kappa shape index (κ2) is 5.92. The molecule has 0 radical (unpaired) electrons. The second-order valence-corrected chi connectivity index (χ2v) is 4.74. The molecule has 0 aliphatic heterocycles. The molecule has 2 aromatic rings. The Morgan fingerprint density at radius 3 is 2.75 bits per heavy atom. The molecule has 2 rings (SSSR count). The van der Waals surface area contributed by atoms with Crippen LogP contribution in [0, 0.1) is 18.6 Å². The van der Waals surface area contributed by atoms with Crippen molar-refractivity contribution in [2.45, 2.75) is 13.5 Å². The lowest BCUT2D eigenvalue weighted by molar-refractivity contribution is 0.587. The Hall–Kier alpha value is -2.08. The highest BCUT2D eigenvalue weighted by Gasteiger charge is 2.09. The van der Waals surface area contributed by atoms with Gasteiger partial charge in [-0.15, -0.1) is 0 Å². The van der Waals surface area contributed by atoms with Crippen molar-refractivity contribution in [2.24, 2.45) is 5.73 Å². The smallest absolute Gasteiger partial charge is 0.136 e. The fourth-order valence-corrected chi connectivity index (χ4v) is 1.91. The maximum absolute atomic E-state index is 13.5. The first kappa shape index (κ1) is 14.3. The van der Waals surface area contributed by atoms with E-state index in [0.29, 0.717) is 11.4 Å². The van der Waals surface area contributed by atoms with E-state index in [2.05, 4.69) is 10.3 Å². The van der Waals surface area contributed by atoms with Crippen LogP contribution in [0.4, 0.5) is 14.6 Å². The van der Waals surface area contributed by atoms with Gasteiger partial charge >= 0.3 is 0 Å². The summed E-state index contributed by atoms with van der Waals surface area (Å²) in [6.07, 6.45) is 0. The summed E-state index contributed by atoms with van der Waals surface area (Å²) in [4.78, 5) is 4.46. The first-order valence-corrected chi connectivity index (χ1v) is 6.33. The molecule has 1 heterocycles. The maximum atomic E-state index is 13.5. The van der Waals surface area contributed by atoms with E-state index in [9.17, 15) is 8.78 Å². The molecule has 0 saturated heterocycles. The van der Waals surface area contributed by atoms with Crippen molar-refractivity contribution >= 4 is 23.0 Å². The number of halogens is 2. The van der Waals surface area contributed by atoms with E-state index in [1.807, 2.05) is 6.92 Å². The third kappa shape index (κ3) is 3.27. The highest BCUT2D eigenvalue weighted by Crippen LogP contribution is 2.16. The standard InChI is InChI=1S/C14H13F2N3S/c1-8-2-4-11(13(17)20)14(19-8)18-7-9-6-10(15)3-5-12(9)16/h2-6H,7H2,1H3,(H2,17,20)(H,18,19). The van der Waals surface area contributed by atoms with Crippen LogP contribution in [0.2, 0.25) is 0 Å². The molecule has 1 aromatic heterocycles. The van der Waals surface area contributed by atoms with Gasteiger partial charge < -0.3 is 11.1 Å². The Labute approximate surface area is 120 Å². The number of pyridine rings is 1. The molecule has 1 aromatic carbocycles. The highest BCUT2D eigenvalue weighted by atomic mass is 32.1. The zero-order chi connectivity index (χ0) is 14.7. The average molecular weight is 293 g/mol. The van der Waals surface area contributed by atoms with Crippen LogP contribution in [-0.2, 0) is 6.54 Å². The van der Waals surface area contributed by atoms with Crippen LogP contribution in [0.3, 0.4) is 0 Å². The number of hydrogen-bond donors (Lipinski definition) is 2. The summed E-state index contributed by atoms with van der Waals surface area (Å²) in [5.41, 5.74) is 7.16. The van der Waals surface area contributed by atoms with Gasteiger partial charge in [0.2, 0.25) is 0 Å². The first-order chi connectivity index (χ1) is 9.47. The molecule has 0 aliphatic carbocycles. The molecule has 0 unspecified atom stereocenters. The summed E-state index contributed by atoms with van der Waals surface area (Å²) in [5.74, 6) is -0.514. The van der Waals surface area contributed by atoms with E-state index in [-0.39, 0.29) is 17.1 Å². The number of nitrogens with zero attached hydrogens (tertiary/aromatic N) is 1. The van der Waals surface area contributed by atoms with Crippen LogP contribution in [-0.4, -0.2) is 9.97 Å². The first-order valence-electron chi connectivity index (χ1n) is 5.92. The molecule has 0 bridgehead atoms. The topological polar surface area (TPSA) is 50.9 Å². The fraction of sp³-hybridized carbons (Fsp3) is 0.143. The second-order valence-electron chi connectivity index (χ2n) is 4.30. The summed E-state index contributed by atoms with van der Waals surface area (Å²) in [6, 6.07) is 6.82. The summed E-state index contributed by atoms with van der Waals surface area (Å²) < 4.78 is 26.6. The van der Waals surface area contributed by atoms with Crippen LogP contribution in [0.1, 0.15) is 16.8 Å². The van der Waals surface area contributed by atoms with Gasteiger partial charge in [0.1, 0.15) is 22.4 Å². The van der Waals surface area contributed by atoms with Crippen LogP contribution in [0.25, 0.3) is 0 Å². The maximum Gasteiger partial charge on any atom is 0.136 e. The summed E-state index contributed by atoms with van der Waals surface area (Å²) in [5, 5.41) is 2.93. The third-order valence-corrected chi connectivity index (χ3v) is 2.97. The summed E-state index contributed by atoms with van der Waals surface area (Å²) in [7, 11) is 0. The third-order valence-electron chi connectivity index (χ3n) is 2.75. The minimum atomic E-state index is -0.491. The molecule has 20 heavy (non-hydrogen) atoms. The number of nitrogens with one attached hydrogen (secondary N) is 1. The quantitative estimate of drug-likeness (QED) is 0.851. The van der Waals surface area contributed by atoms with Gasteiger partial charge in [0.05, 0.1) is 5.56 Å². The molecule has 0 amide bonds. The van der Waals surface area contributed by atoms with E-state index >= 15 is 0 Å². The summed E-state index contributed by atoms with van der Waals surface area (Å²) in [6.45, 7) is 1.91. The highest BCUT2D eigenvalue weighted by molar-refractivity contribution is 7.80. The van der Waals surface area contributed by atoms with Crippen molar-refractivity contribution < 1.29 is 8.78 Å². The molecule has 0 aliphatic rings. The molecule has 3 N–H and O–H groups in total. The normalized spacial score (nSPS) is 10.3. The van der Waals surface area contributed by atoms with Crippen molar-refractivity contribution in [1.29, 1.82) is 0 Å². The van der Waals surface area contributed by atoms with Crippen molar-refractivity contribution in [3.8, 4) is 0 Å². The van der Waals surface area contributed by atoms with Gasteiger partial charge in [-0.05, 0) is 37.3 Å². The van der Waals surface area contributed by atoms with E-state index in [4.69, 9.17) is 18.0 Å². The van der Waals surface area contributed by atoms with Gasteiger partial charge in [0.15, 0.2) is 0 Å². The van der Waals surface area contributed by atoms with Crippen molar-refractivity contribution in [3.63, 3.8) is 0 Å². The number of thiocarbonyl (C=S) groups is 1. The Kier molecular flexibility index (Phi) is 4.24. The van der Waals surface area contributed by atoms with E-state index in [1.165, 1.54) is 0 Å². The molecule has 0 saturated carbocycles.